The van der Waals surface area contributed by atoms with Crippen LogP contribution in [0.2, 0.25) is 0 Å². The molecule has 2 nitrogen and oxygen atoms in total. The van der Waals surface area contributed by atoms with Gasteiger partial charge in [0, 0.05) is 22.3 Å². The Hall–Kier alpha value is -2.29. The Morgan fingerprint density at radius 1 is 0.833 bits per heavy atom. The van der Waals surface area contributed by atoms with Gasteiger partial charge in [-0.1, -0.05) is 24.3 Å². The van der Waals surface area contributed by atoms with Crippen molar-refractivity contribution in [2.24, 2.45) is 0 Å². The second-order valence-electron chi connectivity index (χ2n) is 4.35. The number of benzene rings is 2. The Kier molecular flexibility index (Phi) is 2.17. The molecule has 0 saturated heterocycles. The molecular weight excluding hydrogens is 231 g/mol. The van der Waals surface area contributed by atoms with Crippen LogP contribution < -0.4 is 0 Å². The Morgan fingerprint density at radius 3 is 1.89 bits per heavy atom. The first kappa shape index (κ1) is 10.8. The maximum Gasteiger partial charge on any atom is 0.194 e. The van der Waals surface area contributed by atoms with Crippen LogP contribution in [0.4, 0.5) is 4.39 Å². The molecule has 0 unspecified atom stereocenters. The highest BCUT2D eigenvalue weighted by Gasteiger charge is 2.29. The number of aryl methyl sites for hydroxylation is 1. The average molecular weight is 240 g/mol. The summed E-state index contributed by atoms with van der Waals surface area (Å²) < 4.78 is 13.5. The molecule has 88 valence electrons. The fraction of sp³-hybridized carbons (Fsp3) is 0.0667. The van der Waals surface area contributed by atoms with Gasteiger partial charge >= 0.3 is 0 Å². The zero-order valence-corrected chi connectivity index (χ0v) is 9.66. The van der Waals surface area contributed by atoms with Gasteiger partial charge < -0.3 is 0 Å². The fourth-order valence-electron chi connectivity index (χ4n) is 2.23. The van der Waals surface area contributed by atoms with Gasteiger partial charge in [-0.25, -0.2) is 4.39 Å². The van der Waals surface area contributed by atoms with Gasteiger partial charge in [0.1, 0.15) is 5.82 Å². The molecule has 0 amide bonds. The van der Waals surface area contributed by atoms with E-state index in [1.165, 1.54) is 6.07 Å². The van der Waals surface area contributed by atoms with Crippen molar-refractivity contribution in [3.8, 4) is 0 Å². The van der Waals surface area contributed by atoms with Gasteiger partial charge in [0.15, 0.2) is 11.6 Å². The Balaban J connectivity index is 2.34. The molecule has 3 heteroatoms. The molecule has 18 heavy (non-hydrogen) atoms. The van der Waals surface area contributed by atoms with E-state index in [4.69, 9.17) is 0 Å². The quantitative estimate of drug-likeness (QED) is 0.605. The third-order valence-corrected chi connectivity index (χ3v) is 3.20. The molecule has 1 aliphatic carbocycles. The lowest BCUT2D eigenvalue weighted by Gasteiger charge is -2.17. The molecule has 2 aromatic rings. The van der Waals surface area contributed by atoms with Crippen LogP contribution in [0, 0.1) is 12.7 Å². The minimum absolute atomic E-state index is 0.154. The van der Waals surface area contributed by atoms with Crippen LogP contribution in [0.15, 0.2) is 36.4 Å². The van der Waals surface area contributed by atoms with E-state index < -0.39 is 5.82 Å². The first-order valence-electron chi connectivity index (χ1n) is 5.58. The van der Waals surface area contributed by atoms with Crippen molar-refractivity contribution in [3.63, 3.8) is 0 Å². The summed E-state index contributed by atoms with van der Waals surface area (Å²) in [6, 6.07) is 9.22. The Labute approximate surface area is 103 Å². The number of carbonyl (C=O) groups is 2. The summed E-state index contributed by atoms with van der Waals surface area (Å²) in [5.41, 5.74) is 1.55. The number of hydrogen-bond acceptors (Lipinski definition) is 2. The lowest BCUT2D eigenvalue weighted by atomic mass is 9.83. The van der Waals surface area contributed by atoms with Crippen molar-refractivity contribution in [1.82, 2.24) is 0 Å². The van der Waals surface area contributed by atoms with Crippen molar-refractivity contribution < 1.29 is 14.0 Å². The summed E-state index contributed by atoms with van der Waals surface area (Å²) in [4.78, 5) is 24.4. The predicted molar refractivity (Wildman–Crippen MR) is 64.4 cm³/mol. The average Bonchev–Trinajstić information content (AvgIpc) is 2.38. The maximum absolute atomic E-state index is 13.5. The first-order valence-corrected chi connectivity index (χ1v) is 5.58. The van der Waals surface area contributed by atoms with Crippen LogP contribution in [-0.4, -0.2) is 11.6 Å². The van der Waals surface area contributed by atoms with E-state index in [0.717, 1.165) is 6.07 Å². The third kappa shape index (κ3) is 1.34. The molecule has 0 fully saturated rings. The fourth-order valence-corrected chi connectivity index (χ4v) is 2.23. The molecule has 0 bridgehead atoms. The number of halogens is 1. The van der Waals surface area contributed by atoms with Crippen molar-refractivity contribution in [2.75, 3.05) is 0 Å². The molecule has 0 heterocycles. The topological polar surface area (TPSA) is 34.1 Å². The maximum atomic E-state index is 13.5. The summed E-state index contributed by atoms with van der Waals surface area (Å²) in [6.45, 7) is 1.58. The standard InChI is InChI=1S/C15H9FO2/c1-8-6-11-12(7-13(8)16)15(18)10-5-3-2-4-9(10)14(11)17/h2-7H,1H3. The summed E-state index contributed by atoms with van der Waals surface area (Å²) in [6.07, 6.45) is 0. The molecule has 0 radical (unpaired) electrons. The Bertz CT molecular complexity index is 642. The minimum atomic E-state index is -0.464. The third-order valence-electron chi connectivity index (χ3n) is 3.20. The lowest BCUT2D eigenvalue weighted by molar-refractivity contribution is 0.0978. The van der Waals surface area contributed by atoms with Crippen molar-refractivity contribution in [3.05, 3.63) is 70.0 Å². The summed E-state index contributed by atoms with van der Waals surface area (Å²) >= 11 is 0. The van der Waals surface area contributed by atoms with E-state index >= 15 is 0 Å². The lowest BCUT2D eigenvalue weighted by Crippen LogP contribution is -2.21. The van der Waals surface area contributed by atoms with Gasteiger partial charge in [-0.15, -0.1) is 0 Å². The number of ketones is 2. The van der Waals surface area contributed by atoms with Crippen LogP contribution in [0.5, 0.6) is 0 Å². The molecule has 1 aliphatic rings. The summed E-state index contributed by atoms with van der Waals surface area (Å²) in [5, 5.41) is 0. The largest absolute Gasteiger partial charge is 0.289 e. The highest BCUT2D eigenvalue weighted by atomic mass is 19.1. The van der Waals surface area contributed by atoms with Crippen molar-refractivity contribution in [1.29, 1.82) is 0 Å². The number of rotatable bonds is 0. The molecule has 0 aliphatic heterocycles. The normalized spacial score (nSPS) is 13.2. The van der Waals surface area contributed by atoms with E-state index in [1.54, 1.807) is 31.2 Å². The first-order chi connectivity index (χ1) is 8.59. The van der Waals surface area contributed by atoms with E-state index in [-0.39, 0.29) is 22.7 Å². The minimum Gasteiger partial charge on any atom is -0.289 e. The number of fused-ring (bicyclic) bond motifs is 2. The molecule has 0 spiro atoms. The van der Waals surface area contributed by atoms with Gasteiger partial charge in [0.25, 0.3) is 0 Å². The van der Waals surface area contributed by atoms with Gasteiger partial charge in [0.2, 0.25) is 0 Å². The van der Waals surface area contributed by atoms with E-state index in [0.29, 0.717) is 16.7 Å². The van der Waals surface area contributed by atoms with Crippen LogP contribution in [0.25, 0.3) is 0 Å². The Morgan fingerprint density at radius 2 is 1.33 bits per heavy atom. The SMILES string of the molecule is Cc1cc2c(cc1F)C(=O)c1ccccc1C2=O. The van der Waals surface area contributed by atoms with Crippen LogP contribution in [0.1, 0.15) is 37.4 Å². The van der Waals surface area contributed by atoms with E-state index in [9.17, 15) is 14.0 Å². The molecular formula is C15H9FO2. The van der Waals surface area contributed by atoms with Crippen LogP contribution in [-0.2, 0) is 0 Å². The van der Waals surface area contributed by atoms with Crippen LogP contribution >= 0.6 is 0 Å². The van der Waals surface area contributed by atoms with Crippen molar-refractivity contribution >= 4 is 11.6 Å². The van der Waals surface area contributed by atoms with E-state index in [2.05, 4.69) is 0 Å². The van der Waals surface area contributed by atoms with Crippen molar-refractivity contribution in [2.45, 2.75) is 6.92 Å². The second kappa shape index (κ2) is 3.60. The number of hydrogen-bond donors (Lipinski definition) is 0. The van der Waals surface area contributed by atoms with Gasteiger partial charge in [0.05, 0.1) is 0 Å². The molecule has 0 saturated carbocycles. The van der Waals surface area contributed by atoms with Crippen LogP contribution in [0.3, 0.4) is 0 Å². The summed E-state index contributed by atoms with van der Waals surface area (Å²) in [7, 11) is 0. The monoisotopic (exact) mass is 240 g/mol. The van der Waals surface area contributed by atoms with E-state index in [1.807, 2.05) is 0 Å². The smallest absolute Gasteiger partial charge is 0.194 e. The molecule has 0 aromatic heterocycles. The number of carbonyl (C=O) groups excluding carboxylic acids is 2. The summed E-state index contributed by atoms with van der Waals surface area (Å²) in [5.74, 6) is -0.975. The zero-order valence-electron chi connectivity index (χ0n) is 9.66. The van der Waals surface area contributed by atoms with Gasteiger partial charge in [-0.3, -0.25) is 9.59 Å². The predicted octanol–water partition coefficient (Wildman–Crippen LogP) is 2.91. The highest BCUT2D eigenvalue weighted by molar-refractivity contribution is 6.28. The molecule has 3 rings (SSSR count). The molecule has 2 aromatic carbocycles. The molecule has 0 N–H and O–H groups in total. The molecule has 0 atom stereocenters. The van der Waals surface area contributed by atoms with Gasteiger partial charge in [-0.2, -0.15) is 0 Å². The highest BCUT2D eigenvalue weighted by Crippen LogP contribution is 2.28. The van der Waals surface area contributed by atoms with Gasteiger partial charge in [-0.05, 0) is 24.6 Å². The second-order valence-corrected chi connectivity index (χ2v) is 4.35. The zero-order chi connectivity index (χ0) is 12.9.